The van der Waals surface area contributed by atoms with Gasteiger partial charge in [-0.05, 0) is 68.8 Å². The molecule has 1 saturated carbocycles. The van der Waals surface area contributed by atoms with Crippen LogP contribution >= 0.6 is 17.2 Å². The summed E-state index contributed by atoms with van der Waals surface area (Å²) in [6.45, 7) is 1.48. The molecule has 1 aliphatic carbocycles. The van der Waals surface area contributed by atoms with E-state index in [1.807, 2.05) is 231 Å². The second-order valence-corrected chi connectivity index (χ2v) is 20.7. The van der Waals surface area contributed by atoms with Crippen molar-refractivity contribution in [3.8, 4) is 11.5 Å². The van der Waals surface area contributed by atoms with Crippen molar-refractivity contribution in [2.45, 2.75) is 89.5 Å². The summed E-state index contributed by atoms with van der Waals surface area (Å²) in [5.74, 6) is 1.45. The first-order valence-electron chi connectivity index (χ1n) is 26.0. The summed E-state index contributed by atoms with van der Waals surface area (Å²) < 4.78 is 81.9. The minimum atomic E-state index is -2.19. The first kappa shape index (κ1) is 56.5. The van der Waals surface area contributed by atoms with Gasteiger partial charge < -0.3 is 55.6 Å². The summed E-state index contributed by atoms with van der Waals surface area (Å²) in [4.78, 5) is 0. The first-order chi connectivity index (χ1) is 38.6. The average molecular weight is 1090 g/mol. The Hall–Kier alpha value is -6.18. The third-order valence-electron chi connectivity index (χ3n) is 12.8. The number of ether oxygens (including phenoxy) is 6. The average Bonchev–Trinajstić information content (AvgIpc) is 3.54. The molecule has 14 heteroatoms. The monoisotopic (exact) mass is 1090 g/mol. The van der Waals surface area contributed by atoms with E-state index in [0.717, 1.165) is 56.0 Å². The summed E-state index contributed by atoms with van der Waals surface area (Å²) in [6, 6.07) is 75.3. The van der Waals surface area contributed by atoms with Gasteiger partial charge in [0.1, 0.15) is 48.1 Å². The molecule has 8 aromatic carbocycles. The van der Waals surface area contributed by atoms with Crippen LogP contribution in [0.1, 0.15) is 44.5 Å². The third-order valence-corrected chi connectivity index (χ3v) is 15.0. The van der Waals surface area contributed by atoms with E-state index >= 15 is 0 Å². The maximum atomic E-state index is 7.43. The van der Waals surface area contributed by atoms with Crippen molar-refractivity contribution in [1.29, 1.82) is 0 Å². The number of rotatable bonds is 30. The van der Waals surface area contributed by atoms with Gasteiger partial charge in [-0.1, -0.05) is 206 Å². The standard InChI is InChI=1S/C64H66O12P2/c1-65-57-37-33-55(34-38-57)43-67-59-60(68-44-56-35-39-58(66-2)40-36-56)62(70-42-50-23-11-4-12-24-50)64(76-78(73-47-53-29-17-7-18-30-53)74-48-54-31-19-8-20-32-54)63(61(59)69-41-49-21-9-3-10-22-49)75-77(71-45-51-25-13-5-14-26-51)72-46-52-27-15-6-16-28-52/h3-40,59-64H,41-48H2,1-2H3/t59-,60-,61+,62+,63-,64+/m0/s1. The SMILES string of the molecule is COc1ccc(CO[C@H]2[C@H](OCc3ccc(OC)cc3)[C@@H](OCc3ccccc3)[C@H](OP(OCc3ccccc3)OCc3ccccc3)[C@H](OP(OCc3ccccc3)OCc3ccccc3)[C@@H]2OCc2ccccc2)cc1. The topological polar surface area (TPSA) is 111 Å². The largest absolute Gasteiger partial charge is 0.497 e. The molecule has 12 nitrogen and oxygen atoms in total. The van der Waals surface area contributed by atoms with Crippen LogP contribution in [0.5, 0.6) is 11.5 Å². The van der Waals surface area contributed by atoms with E-state index in [0.29, 0.717) is 0 Å². The molecule has 404 valence electrons. The molecular weight excluding hydrogens is 1020 g/mol. The summed E-state index contributed by atoms with van der Waals surface area (Å²) in [5.41, 5.74) is 7.42. The minimum Gasteiger partial charge on any atom is -0.497 e. The molecule has 0 amide bonds. The zero-order valence-electron chi connectivity index (χ0n) is 43.9. The fourth-order valence-electron chi connectivity index (χ4n) is 8.68. The quantitative estimate of drug-likeness (QED) is 0.0400. The molecule has 1 aliphatic rings. The molecule has 0 bridgehead atoms. The van der Waals surface area contributed by atoms with Gasteiger partial charge in [-0.25, -0.2) is 0 Å². The van der Waals surface area contributed by atoms with Crippen molar-refractivity contribution >= 4 is 17.2 Å². The Morgan fingerprint density at radius 1 is 0.244 bits per heavy atom. The van der Waals surface area contributed by atoms with Gasteiger partial charge in [-0.15, -0.1) is 0 Å². The highest BCUT2D eigenvalue weighted by Crippen LogP contribution is 2.52. The summed E-state index contributed by atoms with van der Waals surface area (Å²) >= 11 is 0. The Morgan fingerprint density at radius 2 is 0.449 bits per heavy atom. The van der Waals surface area contributed by atoms with Crippen LogP contribution in [0.4, 0.5) is 0 Å². The van der Waals surface area contributed by atoms with Crippen LogP contribution in [-0.2, 0) is 98.9 Å². The van der Waals surface area contributed by atoms with Gasteiger partial charge in [0, 0.05) is 0 Å². The van der Waals surface area contributed by atoms with Crippen molar-refractivity contribution in [2.75, 3.05) is 14.2 Å². The van der Waals surface area contributed by atoms with E-state index in [1.54, 1.807) is 14.2 Å². The highest BCUT2D eigenvalue weighted by atomic mass is 31.2. The second-order valence-electron chi connectivity index (χ2n) is 18.4. The van der Waals surface area contributed by atoms with Gasteiger partial charge in [0.25, 0.3) is 0 Å². The normalized spacial score (nSPS) is 18.3. The Morgan fingerprint density at radius 3 is 0.679 bits per heavy atom. The molecule has 0 unspecified atom stereocenters. The Labute approximate surface area is 461 Å². The van der Waals surface area contributed by atoms with E-state index in [2.05, 4.69) is 0 Å². The number of hydrogen-bond acceptors (Lipinski definition) is 12. The Kier molecular flexibility index (Phi) is 22.3. The summed E-state index contributed by atoms with van der Waals surface area (Å²) in [6.07, 6.45) is -5.70. The predicted octanol–water partition coefficient (Wildman–Crippen LogP) is 14.5. The van der Waals surface area contributed by atoms with Crippen LogP contribution in [-0.4, -0.2) is 50.8 Å². The smallest absolute Gasteiger partial charge is 0.333 e. The van der Waals surface area contributed by atoms with Crippen molar-refractivity contribution in [2.24, 2.45) is 0 Å². The van der Waals surface area contributed by atoms with Crippen LogP contribution < -0.4 is 9.47 Å². The molecule has 78 heavy (non-hydrogen) atoms. The maximum Gasteiger partial charge on any atom is 0.333 e. The van der Waals surface area contributed by atoms with Crippen molar-refractivity contribution < 1.29 is 55.6 Å². The van der Waals surface area contributed by atoms with E-state index < -0.39 is 53.8 Å². The predicted molar refractivity (Wildman–Crippen MR) is 302 cm³/mol. The summed E-state index contributed by atoms with van der Waals surface area (Å²) in [5, 5.41) is 0. The molecule has 9 rings (SSSR count). The molecule has 8 aromatic rings. The lowest BCUT2D eigenvalue weighted by Gasteiger charge is -2.50. The van der Waals surface area contributed by atoms with Crippen LogP contribution in [0.2, 0.25) is 0 Å². The van der Waals surface area contributed by atoms with Gasteiger partial charge in [0.05, 0.1) is 67.1 Å². The molecule has 0 radical (unpaired) electrons. The lowest BCUT2D eigenvalue weighted by molar-refractivity contribution is -0.267. The molecule has 0 saturated heterocycles. The first-order valence-corrected chi connectivity index (χ1v) is 28.2. The number of benzene rings is 8. The Bertz CT molecular complexity index is 2590. The van der Waals surface area contributed by atoms with Crippen LogP contribution in [0, 0.1) is 0 Å². The zero-order valence-corrected chi connectivity index (χ0v) is 45.6. The number of methoxy groups -OCH3 is 2. The lowest BCUT2D eigenvalue weighted by atomic mass is 9.84. The summed E-state index contributed by atoms with van der Waals surface area (Å²) in [7, 11) is -1.08. The van der Waals surface area contributed by atoms with Gasteiger partial charge in [0.15, 0.2) is 0 Å². The third kappa shape index (κ3) is 17.4. The minimum absolute atomic E-state index is 0.169. The van der Waals surface area contributed by atoms with E-state index in [-0.39, 0.29) is 52.9 Å². The fraction of sp³-hybridized carbons (Fsp3) is 0.250. The maximum absolute atomic E-state index is 7.43. The van der Waals surface area contributed by atoms with Gasteiger partial charge >= 0.3 is 17.2 Å². The highest BCUT2D eigenvalue weighted by molar-refractivity contribution is 7.42. The molecule has 0 heterocycles. The number of hydrogen-bond donors (Lipinski definition) is 0. The highest BCUT2D eigenvalue weighted by Gasteiger charge is 2.57. The van der Waals surface area contributed by atoms with Crippen molar-refractivity contribution in [1.82, 2.24) is 0 Å². The van der Waals surface area contributed by atoms with Gasteiger partial charge in [0.2, 0.25) is 0 Å². The molecule has 0 N–H and O–H groups in total. The van der Waals surface area contributed by atoms with Gasteiger partial charge in [-0.2, -0.15) is 0 Å². The van der Waals surface area contributed by atoms with E-state index in [4.69, 9.17) is 55.6 Å². The molecule has 0 aromatic heterocycles. The molecule has 0 aliphatic heterocycles. The molecule has 0 spiro atoms. The zero-order chi connectivity index (χ0) is 53.4. The molecule has 1 fully saturated rings. The Balaban J connectivity index is 1.18. The van der Waals surface area contributed by atoms with Crippen LogP contribution in [0.3, 0.4) is 0 Å². The molecule has 6 atom stereocenters. The lowest BCUT2D eigenvalue weighted by Crippen LogP contribution is -2.67. The fourth-order valence-corrected chi connectivity index (χ4v) is 11.0. The van der Waals surface area contributed by atoms with E-state index in [1.165, 1.54) is 0 Å². The van der Waals surface area contributed by atoms with Crippen molar-refractivity contribution in [3.05, 3.63) is 275 Å². The van der Waals surface area contributed by atoms with E-state index in [9.17, 15) is 0 Å². The molecular formula is C64H66O12P2. The van der Waals surface area contributed by atoms with Gasteiger partial charge in [-0.3, -0.25) is 0 Å². The van der Waals surface area contributed by atoms with Crippen molar-refractivity contribution in [3.63, 3.8) is 0 Å². The second kappa shape index (κ2) is 30.8. The van der Waals surface area contributed by atoms with Crippen LogP contribution in [0.15, 0.2) is 231 Å². The van der Waals surface area contributed by atoms with Crippen LogP contribution in [0.25, 0.3) is 0 Å².